The number of carboxylic acid groups (broad SMARTS) is 1. The molecule has 0 amide bonds. The summed E-state index contributed by atoms with van der Waals surface area (Å²) < 4.78 is 5.38. The molecule has 0 aliphatic heterocycles. The van der Waals surface area contributed by atoms with E-state index in [1.54, 1.807) is 12.1 Å². The van der Waals surface area contributed by atoms with E-state index in [-0.39, 0.29) is 5.76 Å². The Labute approximate surface area is 97.6 Å². The molecular formula is C12H11ClO3. The number of aromatic carboxylic acids is 1. The van der Waals surface area contributed by atoms with Crippen molar-refractivity contribution in [1.82, 2.24) is 0 Å². The maximum Gasteiger partial charge on any atom is 0.372 e. The highest BCUT2D eigenvalue weighted by Gasteiger charge is 2.19. The SMILES string of the molecule is CCc1c(C(=O)O)oc2c(C)cc(Cl)cc12. The van der Waals surface area contributed by atoms with Gasteiger partial charge >= 0.3 is 5.97 Å². The number of rotatable bonds is 2. The Bertz CT molecular complexity index is 569. The van der Waals surface area contributed by atoms with E-state index < -0.39 is 5.97 Å². The van der Waals surface area contributed by atoms with Crippen molar-refractivity contribution in [3.63, 3.8) is 0 Å². The fourth-order valence-electron chi connectivity index (χ4n) is 1.90. The number of carbonyl (C=O) groups is 1. The van der Waals surface area contributed by atoms with E-state index in [2.05, 4.69) is 0 Å². The van der Waals surface area contributed by atoms with Crippen molar-refractivity contribution in [1.29, 1.82) is 0 Å². The van der Waals surface area contributed by atoms with Crippen molar-refractivity contribution in [2.45, 2.75) is 20.3 Å². The smallest absolute Gasteiger partial charge is 0.372 e. The minimum absolute atomic E-state index is 0.0165. The average molecular weight is 239 g/mol. The van der Waals surface area contributed by atoms with Crippen molar-refractivity contribution in [2.24, 2.45) is 0 Å². The number of benzene rings is 1. The van der Waals surface area contributed by atoms with Gasteiger partial charge in [0.25, 0.3) is 0 Å². The van der Waals surface area contributed by atoms with Crippen LogP contribution in [-0.4, -0.2) is 11.1 Å². The summed E-state index contributed by atoms with van der Waals surface area (Å²) in [6.45, 7) is 3.75. The van der Waals surface area contributed by atoms with Crippen molar-refractivity contribution in [3.8, 4) is 0 Å². The number of halogens is 1. The van der Waals surface area contributed by atoms with E-state index in [0.717, 1.165) is 10.9 Å². The second-order valence-corrected chi connectivity index (χ2v) is 4.10. The van der Waals surface area contributed by atoms with Crippen LogP contribution in [0.3, 0.4) is 0 Å². The lowest BCUT2D eigenvalue weighted by atomic mass is 10.1. The van der Waals surface area contributed by atoms with Crippen LogP contribution in [0.2, 0.25) is 5.02 Å². The van der Waals surface area contributed by atoms with Crippen LogP contribution in [0.1, 0.15) is 28.6 Å². The minimum atomic E-state index is -1.04. The standard InChI is InChI=1S/C12H11ClO3/c1-3-8-9-5-7(13)4-6(2)10(9)16-11(8)12(14)15/h4-5H,3H2,1-2H3,(H,14,15). The number of hydrogen-bond acceptors (Lipinski definition) is 2. The van der Waals surface area contributed by atoms with Gasteiger partial charge in [0.1, 0.15) is 5.58 Å². The summed E-state index contributed by atoms with van der Waals surface area (Å²) in [5, 5.41) is 10.4. The van der Waals surface area contributed by atoms with Crippen molar-refractivity contribution < 1.29 is 14.3 Å². The van der Waals surface area contributed by atoms with Crippen LogP contribution in [-0.2, 0) is 6.42 Å². The molecule has 0 fully saturated rings. The van der Waals surface area contributed by atoms with Crippen LogP contribution >= 0.6 is 11.6 Å². The van der Waals surface area contributed by atoms with Crippen LogP contribution in [0.25, 0.3) is 11.0 Å². The molecule has 1 heterocycles. The maximum absolute atomic E-state index is 11.0. The molecule has 0 saturated carbocycles. The molecule has 0 aliphatic rings. The second-order valence-electron chi connectivity index (χ2n) is 3.67. The third kappa shape index (κ3) is 1.57. The zero-order chi connectivity index (χ0) is 11.9. The van der Waals surface area contributed by atoms with Gasteiger partial charge in [0.2, 0.25) is 5.76 Å². The molecule has 3 nitrogen and oxygen atoms in total. The Morgan fingerprint density at radius 2 is 2.19 bits per heavy atom. The lowest BCUT2D eigenvalue weighted by molar-refractivity contribution is 0.0663. The molecule has 0 aliphatic carbocycles. The van der Waals surface area contributed by atoms with E-state index in [9.17, 15) is 4.79 Å². The average Bonchev–Trinajstić information content (AvgIpc) is 2.56. The first-order chi connectivity index (χ1) is 7.54. The predicted molar refractivity (Wildman–Crippen MR) is 62.3 cm³/mol. The summed E-state index contributed by atoms with van der Waals surface area (Å²) in [4.78, 5) is 11.0. The molecule has 0 atom stereocenters. The van der Waals surface area contributed by atoms with Gasteiger partial charge in [-0.1, -0.05) is 18.5 Å². The highest BCUT2D eigenvalue weighted by Crippen LogP contribution is 2.31. The first kappa shape index (κ1) is 11.0. The third-order valence-electron chi connectivity index (χ3n) is 2.59. The normalized spacial score (nSPS) is 10.9. The zero-order valence-electron chi connectivity index (χ0n) is 9.00. The van der Waals surface area contributed by atoms with E-state index in [4.69, 9.17) is 21.1 Å². The second kappa shape index (κ2) is 3.83. The van der Waals surface area contributed by atoms with Crippen LogP contribution in [0, 0.1) is 6.92 Å². The molecule has 16 heavy (non-hydrogen) atoms. The van der Waals surface area contributed by atoms with Crippen molar-refractivity contribution in [3.05, 3.63) is 34.0 Å². The number of carboxylic acids is 1. The predicted octanol–water partition coefficient (Wildman–Crippen LogP) is 3.66. The quantitative estimate of drug-likeness (QED) is 0.869. The lowest BCUT2D eigenvalue weighted by Crippen LogP contribution is -1.97. The molecule has 1 aromatic heterocycles. The summed E-state index contributed by atoms with van der Waals surface area (Å²) in [5.41, 5.74) is 2.16. The number of fused-ring (bicyclic) bond motifs is 1. The first-order valence-corrected chi connectivity index (χ1v) is 5.37. The van der Waals surface area contributed by atoms with E-state index in [1.165, 1.54) is 0 Å². The summed E-state index contributed by atoms with van der Waals surface area (Å²) >= 11 is 5.95. The molecule has 84 valence electrons. The Hall–Kier alpha value is -1.48. The van der Waals surface area contributed by atoms with Gasteiger partial charge in [0.05, 0.1) is 0 Å². The minimum Gasteiger partial charge on any atom is -0.475 e. The summed E-state index contributed by atoms with van der Waals surface area (Å²) in [6.07, 6.45) is 0.606. The molecular weight excluding hydrogens is 228 g/mol. The van der Waals surface area contributed by atoms with E-state index in [0.29, 0.717) is 22.6 Å². The van der Waals surface area contributed by atoms with Gasteiger partial charge in [-0.2, -0.15) is 0 Å². The van der Waals surface area contributed by atoms with Crippen LogP contribution in [0.5, 0.6) is 0 Å². The highest BCUT2D eigenvalue weighted by atomic mass is 35.5. The van der Waals surface area contributed by atoms with Crippen LogP contribution in [0.15, 0.2) is 16.5 Å². The van der Waals surface area contributed by atoms with Gasteiger partial charge in [0.15, 0.2) is 0 Å². The molecule has 0 bridgehead atoms. The largest absolute Gasteiger partial charge is 0.475 e. The lowest BCUT2D eigenvalue weighted by Gasteiger charge is -1.97. The van der Waals surface area contributed by atoms with Gasteiger partial charge < -0.3 is 9.52 Å². The van der Waals surface area contributed by atoms with Crippen LogP contribution in [0.4, 0.5) is 0 Å². The van der Waals surface area contributed by atoms with Gasteiger partial charge in [0, 0.05) is 16.0 Å². The van der Waals surface area contributed by atoms with Gasteiger partial charge in [-0.15, -0.1) is 0 Å². The number of hydrogen-bond donors (Lipinski definition) is 1. The van der Waals surface area contributed by atoms with Crippen LogP contribution < -0.4 is 0 Å². The molecule has 0 saturated heterocycles. The fraction of sp³-hybridized carbons (Fsp3) is 0.250. The molecule has 2 aromatic rings. The van der Waals surface area contributed by atoms with E-state index >= 15 is 0 Å². The monoisotopic (exact) mass is 238 g/mol. The topological polar surface area (TPSA) is 50.4 Å². The van der Waals surface area contributed by atoms with Crippen molar-refractivity contribution in [2.75, 3.05) is 0 Å². The Morgan fingerprint density at radius 1 is 1.50 bits per heavy atom. The molecule has 4 heteroatoms. The molecule has 1 N–H and O–H groups in total. The fourth-order valence-corrected chi connectivity index (χ4v) is 2.17. The number of furan rings is 1. The molecule has 2 rings (SSSR count). The number of aryl methyl sites for hydroxylation is 2. The molecule has 0 spiro atoms. The maximum atomic E-state index is 11.0. The van der Waals surface area contributed by atoms with E-state index in [1.807, 2.05) is 13.8 Å². The summed E-state index contributed by atoms with van der Waals surface area (Å²) in [6, 6.07) is 3.51. The summed E-state index contributed by atoms with van der Waals surface area (Å²) in [5.74, 6) is -1.02. The Morgan fingerprint density at radius 3 is 2.75 bits per heavy atom. The summed E-state index contributed by atoms with van der Waals surface area (Å²) in [7, 11) is 0. The molecule has 1 aromatic carbocycles. The third-order valence-corrected chi connectivity index (χ3v) is 2.81. The van der Waals surface area contributed by atoms with Gasteiger partial charge in [-0.3, -0.25) is 0 Å². The Balaban J connectivity index is 2.87. The molecule has 0 radical (unpaired) electrons. The van der Waals surface area contributed by atoms with Crippen molar-refractivity contribution >= 4 is 28.5 Å². The Kier molecular flexibility index (Phi) is 2.64. The van der Waals surface area contributed by atoms with Gasteiger partial charge in [-0.25, -0.2) is 4.79 Å². The van der Waals surface area contributed by atoms with Gasteiger partial charge in [-0.05, 0) is 31.0 Å². The zero-order valence-corrected chi connectivity index (χ0v) is 9.76. The molecule has 0 unspecified atom stereocenters. The highest BCUT2D eigenvalue weighted by molar-refractivity contribution is 6.31. The first-order valence-electron chi connectivity index (χ1n) is 4.99.